The van der Waals surface area contributed by atoms with Gasteiger partial charge in [-0.3, -0.25) is 4.79 Å². The Morgan fingerprint density at radius 1 is 1.30 bits per heavy atom. The Morgan fingerprint density at radius 2 is 2.00 bits per heavy atom. The molecule has 0 amide bonds. The molecule has 0 bridgehead atoms. The van der Waals surface area contributed by atoms with Crippen LogP contribution in [0, 0.1) is 0 Å². The van der Waals surface area contributed by atoms with Crippen LogP contribution >= 0.6 is 11.3 Å². The molecule has 0 atom stereocenters. The van der Waals surface area contributed by atoms with E-state index < -0.39 is 10.0 Å². The molecule has 0 saturated heterocycles. The van der Waals surface area contributed by atoms with Crippen LogP contribution in [0.4, 0.5) is 0 Å². The van der Waals surface area contributed by atoms with Crippen LogP contribution in [0.5, 0.6) is 0 Å². The number of thiazole rings is 1. The van der Waals surface area contributed by atoms with Gasteiger partial charge in [0.2, 0.25) is 10.0 Å². The lowest BCUT2D eigenvalue weighted by atomic mass is 10.1. The van der Waals surface area contributed by atoms with Crippen molar-refractivity contribution in [3.8, 4) is 0 Å². The van der Waals surface area contributed by atoms with Crippen LogP contribution in [0.15, 0.2) is 34.5 Å². The first-order valence-corrected chi connectivity index (χ1v) is 9.42. The zero-order valence-corrected chi connectivity index (χ0v) is 14.5. The van der Waals surface area contributed by atoms with E-state index in [9.17, 15) is 13.2 Å². The van der Waals surface area contributed by atoms with Crippen LogP contribution in [-0.2, 0) is 39.0 Å². The molecule has 0 unspecified atom stereocenters. The van der Waals surface area contributed by atoms with Crippen molar-refractivity contribution >= 4 is 27.3 Å². The average Bonchev–Trinajstić information content (AvgIpc) is 3.01. The van der Waals surface area contributed by atoms with E-state index in [4.69, 9.17) is 4.74 Å². The number of aromatic nitrogens is 1. The first-order chi connectivity index (χ1) is 10.9. The van der Waals surface area contributed by atoms with Gasteiger partial charge in [-0.05, 0) is 31.2 Å². The Hall–Kier alpha value is -1.77. The van der Waals surface area contributed by atoms with Crippen molar-refractivity contribution < 1.29 is 17.9 Å². The Morgan fingerprint density at radius 3 is 2.57 bits per heavy atom. The molecule has 23 heavy (non-hydrogen) atoms. The van der Waals surface area contributed by atoms with E-state index in [2.05, 4.69) is 9.71 Å². The lowest BCUT2D eigenvalue weighted by Gasteiger charge is -2.05. The molecule has 1 aromatic carbocycles. The topological polar surface area (TPSA) is 85.4 Å². The molecule has 0 saturated carbocycles. The highest BCUT2D eigenvalue weighted by Crippen LogP contribution is 2.13. The molecule has 0 fully saturated rings. The second-order valence-corrected chi connectivity index (χ2v) is 7.60. The van der Waals surface area contributed by atoms with Gasteiger partial charge in [-0.15, -0.1) is 11.3 Å². The molecule has 2 rings (SSSR count). The monoisotopic (exact) mass is 354 g/mol. The molecule has 1 aromatic heterocycles. The summed E-state index contributed by atoms with van der Waals surface area (Å²) >= 11 is 1.55. The number of hydrogen-bond donors (Lipinski definition) is 1. The third-order valence-electron chi connectivity index (χ3n) is 3.13. The van der Waals surface area contributed by atoms with Gasteiger partial charge in [-0.25, -0.2) is 18.1 Å². The van der Waals surface area contributed by atoms with Crippen LogP contribution in [0.3, 0.4) is 0 Å². The van der Waals surface area contributed by atoms with E-state index >= 15 is 0 Å². The van der Waals surface area contributed by atoms with E-state index in [0.29, 0.717) is 5.56 Å². The quantitative estimate of drug-likeness (QED) is 0.768. The van der Waals surface area contributed by atoms with Gasteiger partial charge < -0.3 is 4.74 Å². The van der Waals surface area contributed by atoms with E-state index in [1.165, 1.54) is 19.2 Å². The van der Waals surface area contributed by atoms with Gasteiger partial charge in [0.1, 0.15) is 6.61 Å². The molecular formula is C15H18N2O4S2. The molecule has 0 aliphatic heterocycles. The summed E-state index contributed by atoms with van der Waals surface area (Å²) in [6.45, 7) is 2.17. The minimum absolute atomic E-state index is 0.0879. The highest BCUT2D eigenvalue weighted by Gasteiger charge is 2.12. The summed E-state index contributed by atoms with van der Waals surface area (Å²) in [6, 6.07) is 6.12. The molecule has 1 N–H and O–H groups in total. The molecule has 2 aromatic rings. The summed E-state index contributed by atoms with van der Waals surface area (Å²) in [4.78, 5) is 16.3. The van der Waals surface area contributed by atoms with Crippen LogP contribution in [0.25, 0.3) is 0 Å². The summed E-state index contributed by atoms with van der Waals surface area (Å²) in [6.07, 6.45) is 0.950. The van der Waals surface area contributed by atoms with Gasteiger partial charge in [-0.2, -0.15) is 0 Å². The van der Waals surface area contributed by atoms with Crippen molar-refractivity contribution in [2.75, 3.05) is 7.05 Å². The highest BCUT2D eigenvalue weighted by atomic mass is 32.2. The Balaban J connectivity index is 1.90. The molecule has 0 radical (unpaired) electrons. The predicted molar refractivity (Wildman–Crippen MR) is 87.7 cm³/mol. The average molecular weight is 354 g/mol. The smallest absolute Gasteiger partial charge is 0.310 e. The van der Waals surface area contributed by atoms with Crippen molar-refractivity contribution in [1.29, 1.82) is 0 Å². The summed E-state index contributed by atoms with van der Waals surface area (Å²) in [7, 11) is -2.11. The largest absolute Gasteiger partial charge is 0.459 e. The van der Waals surface area contributed by atoms with Gasteiger partial charge in [0.15, 0.2) is 0 Å². The fraction of sp³-hybridized carbons (Fsp3) is 0.333. The second-order valence-electron chi connectivity index (χ2n) is 4.78. The maximum atomic E-state index is 11.8. The number of nitrogens with zero attached hydrogens (tertiary/aromatic N) is 1. The number of nitrogens with one attached hydrogen (secondary N) is 1. The summed E-state index contributed by atoms with van der Waals surface area (Å²) in [5.41, 5.74) is 1.44. The van der Waals surface area contributed by atoms with E-state index in [0.717, 1.165) is 17.1 Å². The van der Waals surface area contributed by atoms with Crippen molar-refractivity contribution in [1.82, 2.24) is 9.71 Å². The van der Waals surface area contributed by atoms with Crippen LogP contribution in [0.1, 0.15) is 23.2 Å². The van der Waals surface area contributed by atoms with E-state index in [1.807, 2.05) is 12.3 Å². The number of carbonyl (C=O) groups excluding carboxylic acids is 1. The SMILES string of the molecule is CCc1nc(COC(=O)Cc2ccc(S(=O)(=O)NC)cc2)cs1. The Kier molecular flexibility index (Phi) is 5.86. The molecule has 8 heteroatoms. The van der Waals surface area contributed by atoms with Gasteiger partial charge in [0, 0.05) is 5.38 Å². The lowest BCUT2D eigenvalue weighted by molar-refractivity contribution is -0.144. The second kappa shape index (κ2) is 7.67. The summed E-state index contributed by atoms with van der Waals surface area (Å²) in [5, 5.41) is 2.89. The highest BCUT2D eigenvalue weighted by molar-refractivity contribution is 7.89. The molecule has 0 aliphatic carbocycles. The number of hydrogen-bond acceptors (Lipinski definition) is 6. The normalized spacial score (nSPS) is 11.4. The molecule has 6 nitrogen and oxygen atoms in total. The van der Waals surface area contributed by atoms with Crippen LogP contribution < -0.4 is 4.72 Å². The van der Waals surface area contributed by atoms with Crippen molar-refractivity contribution in [3.63, 3.8) is 0 Å². The number of ether oxygens (including phenoxy) is 1. The minimum atomic E-state index is -3.46. The number of aryl methyl sites for hydroxylation is 1. The van der Waals surface area contributed by atoms with Crippen LogP contribution in [-0.4, -0.2) is 26.4 Å². The Bertz CT molecular complexity index is 767. The van der Waals surface area contributed by atoms with Gasteiger partial charge >= 0.3 is 5.97 Å². The number of esters is 1. The Labute approximate surface area is 139 Å². The molecule has 1 heterocycles. The molecule has 0 aliphatic rings. The summed E-state index contributed by atoms with van der Waals surface area (Å²) in [5.74, 6) is -0.375. The summed E-state index contributed by atoms with van der Waals surface area (Å²) < 4.78 is 30.6. The van der Waals surface area contributed by atoms with Crippen molar-refractivity contribution in [3.05, 3.63) is 45.9 Å². The third-order valence-corrected chi connectivity index (χ3v) is 5.61. The standard InChI is InChI=1S/C15H18N2O4S2/c1-3-14-17-12(10-22-14)9-21-15(18)8-11-4-6-13(7-5-11)23(19,20)16-2/h4-7,10,16H,3,8-9H2,1-2H3. The molecular weight excluding hydrogens is 336 g/mol. The first kappa shape index (κ1) is 17.6. The van der Waals surface area contributed by atoms with Gasteiger partial charge in [-0.1, -0.05) is 19.1 Å². The number of sulfonamides is 1. The molecule has 0 spiro atoms. The van der Waals surface area contributed by atoms with Crippen molar-refractivity contribution in [2.45, 2.75) is 31.3 Å². The number of carbonyl (C=O) groups is 1. The third kappa shape index (κ3) is 4.85. The molecule has 124 valence electrons. The maximum Gasteiger partial charge on any atom is 0.310 e. The van der Waals surface area contributed by atoms with E-state index in [-0.39, 0.29) is 23.9 Å². The van der Waals surface area contributed by atoms with Crippen LogP contribution in [0.2, 0.25) is 0 Å². The zero-order valence-electron chi connectivity index (χ0n) is 12.9. The number of rotatable bonds is 7. The number of benzene rings is 1. The first-order valence-electron chi connectivity index (χ1n) is 7.06. The predicted octanol–water partition coefficient (Wildman–Crippen LogP) is 1.90. The minimum Gasteiger partial charge on any atom is -0.459 e. The zero-order chi connectivity index (χ0) is 16.9. The lowest BCUT2D eigenvalue weighted by Crippen LogP contribution is -2.18. The fourth-order valence-corrected chi connectivity index (χ4v) is 3.31. The van der Waals surface area contributed by atoms with E-state index in [1.54, 1.807) is 23.5 Å². The fourth-order valence-electron chi connectivity index (χ4n) is 1.85. The van der Waals surface area contributed by atoms with Gasteiger partial charge in [0.05, 0.1) is 22.0 Å². The van der Waals surface area contributed by atoms with Crippen molar-refractivity contribution in [2.24, 2.45) is 0 Å². The maximum absolute atomic E-state index is 11.8. The van der Waals surface area contributed by atoms with Gasteiger partial charge in [0.25, 0.3) is 0 Å².